The number of benzene rings is 5. The fourth-order valence-corrected chi connectivity index (χ4v) is 8.16. The lowest BCUT2D eigenvalue weighted by molar-refractivity contribution is 0.620. The van der Waals surface area contributed by atoms with Crippen LogP contribution < -0.4 is 0 Å². The fourth-order valence-electron chi connectivity index (χ4n) is 8.03. The molecular formula is C51H32ClN5O. The normalized spacial score (nSPS) is 12.1. The molecular weight excluding hydrogens is 734 g/mol. The SMILES string of the molecule is Clc1ccc(-c2nc3cc(-c4c5nc(c(-c6ccccc6)c6ccc([nH]6)c(-c6ccccc6)c6nc(c(-c7ccccc7)c7ccc4[nH]7)C=C6)C=C5)ccc3o2)cc1. The molecule has 6 heterocycles. The number of H-pyrrole nitrogens is 2. The number of rotatable bonds is 5. The van der Waals surface area contributed by atoms with Gasteiger partial charge in [0.15, 0.2) is 5.58 Å². The molecule has 5 aromatic carbocycles. The number of nitrogens with zero attached hydrogens (tertiary/aromatic N) is 3. The molecule has 0 radical (unpaired) electrons. The summed E-state index contributed by atoms with van der Waals surface area (Å²) in [5.74, 6) is 0.534. The van der Waals surface area contributed by atoms with E-state index in [4.69, 9.17) is 31.0 Å². The van der Waals surface area contributed by atoms with Crippen LogP contribution in [0.25, 0.3) is 113 Å². The number of aromatic amines is 2. The van der Waals surface area contributed by atoms with Crippen LogP contribution in [-0.2, 0) is 0 Å². The van der Waals surface area contributed by atoms with Gasteiger partial charge in [0.05, 0.1) is 22.8 Å². The summed E-state index contributed by atoms with van der Waals surface area (Å²) in [6.07, 6.45) is 8.46. The van der Waals surface area contributed by atoms with E-state index in [-0.39, 0.29) is 0 Å². The largest absolute Gasteiger partial charge is 0.436 e. The maximum absolute atomic E-state index is 6.24. The average molecular weight is 766 g/mol. The van der Waals surface area contributed by atoms with E-state index in [1.54, 1.807) is 0 Å². The summed E-state index contributed by atoms with van der Waals surface area (Å²) in [7, 11) is 0. The lowest BCUT2D eigenvalue weighted by atomic mass is 10.0. The summed E-state index contributed by atoms with van der Waals surface area (Å²) in [6, 6.07) is 53.6. The zero-order chi connectivity index (χ0) is 38.6. The molecule has 274 valence electrons. The molecule has 11 rings (SSSR count). The van der Waals surface area contributed by atoms with Crippen molar-refractivity contribution in [3.05, 3.63) is 186 Å². The van der Waals surface area contributed by atoms with Crippen molar-refractivity contribution in [2.45, 2.75) is 0 Å². The molecule has 0 spiro atoms. The lowest BCUT2D eigenvalue weighted by Crippen LogP contribution is -1.89. The van der Waals surface area contributed by atoms with Gasteiger partial charge in [-0.15, -0.1) is 0 Å². The Labute approximate surface area is 338 Å². The predicted octanol–water partition coefficient (Wildman–Crippen LogP) is 13.8. The molecule has 4 aromatic heterocycles. The average Bonchev–Trinajstić information content (AvgIpc) is 4.13. The van der Waals surface area contributed by atoms with E-state index in [1.807, 2.05) is 48.5 Å². The first-order chi connectivity index (χ1) is 28.6. The van der Waals surface area contributed by atoms with Crippen LogP contribution in [0, 0.1) is 0 Å². The number of nitrogens with one attached hydrogen (secondary N) is 2. The first kappa shape index (κ1) is 33.8. The molecule has 6 nitrogen and oxygen atoms in total. The number of halogens is 1. The Kier molecular flexibility index (Phi) is 8.08. The number of fused-ring (bicyclic) bond motifs is 9. The Bertz CT molecular complexity index is 3230. The Hall–Kier alpha value is -7.54. The Morgan fingerprint density at radius 2 is 0.776 bits per heavy atom. The second-order valence-corrected chi connectivity index (χ2v) is 14.7. The van der Waals surface area contributed by atoms with Crippen LogP contribution in [0.2, 0.25) is 5.02 Å². The Morgan fingerprint density at radius 3 is 1.21 bits per heavy atom. The van der Waals surface area contributed by atoms with Crippen molar-refractivity contribution in [1.29, 1.82) is 0 Å². The van der Waals surface area contributed by atoms with E-state index < -0.39 is 0 Å². The highest BCUT2D eigenvalue weighted by atomic mass is 35.5. The quantitative estimate of drug-likeness (QED) is 0.183. The molecule has 0 fully saturated rings. The molecule has 0 aliphatic carbocycles. The van der Waals surface area contributed by atoms with Gasteiger partial charge in [-0.1, -0.05) is 109 Å². The van der Waals surface area contributed by atoms with E-state index >= 15 is 0 Å². The molecule has 0 saturated heterocycles. The molecule has 0 saturated carbocycles. The van der Waals surface area contributed by atoms with Gasteiger partial charge in [0.25, 0.3) is 0 Å². The third kappa shape index (κ3) is 5.95. The predicted molar refractivity (Wildman–Crippen MR) is 239 cm³/mol. The van der Waals surface area contributed by atoms with Gasteiger partial charge in [-0.2, -0.15) is 0 Å². The molecule has 7 heteroatoms. The summed E-state index contributed by atoms with van der Waals surface area (Å²) in [6.45, 7) is 0. The molecule has 0 unspecified atom stereocenters. The molecule has 2 aliphatic rings. The first-order valence-corrected chi connectivity index (χ1v) is 19.5. The van der Waals surface area contributed by atoms with E-state index in [0.717, 1.165) is 100 Å². The smallest absolute Gasteiger partial charge is 0.227 e. The van der Waals surface area contributed by atoms with Crippen LogP contribution in [-0.4, -0.2) is 24.9 Å². The zero-order valence-electron chi connectivity index (χ0n) is 30.9. The standard InChI is InChI=1S/C51H32ClN5O/c52-36-19-16-34(17-20-36)51-57-45-30-35(18-29-46(45)58-51)50-43-27-25-41(55-43)48(32-12-6-2-7-13-32)39-23-21-37(53-39)47(31-10-4-1-5-11-31)38-22-24-40(54-38)49(33-14-8-3-9-15-33)42-26-28-44(50)56-42/h1-30,53,56H. The number of hydrogen-bond donors (Lipinski definition) is 2. The highest BCUT2D eigenvalue weighted by Gasteiger charge is 2.20. The minimum absolute atomic E-state index is 0.534. The second kappa shape index (κ2) is 13.9. The third-order valence-electron chi connectivity index (χ3n) is 10.7. The van der Waals surface area contributed by atoms with E-state index in [1.165, 1.54) is 0 Å². The first-order valence-electron chi connectivity index (χ1n) is 19.1. The monoisotopic (exact) mass is 765 g/mol. The molecule has 58 heavy (non-hydrogen) atoms. The maximum Gasteiger partial charge on any atom is 0.227 e. The van der Waals surface area contributed by atoms with Gasteiger partial charge in [0.1, 0.15) is 5.52 Å². The molecule has 2 N–H and O–H groups in total. The highest BCUT2D eigenvalue weighted by Crippen LogP contribution is 2.39. The van der Waals surface area contributed by atoms with Crippen LogP contribution in [0.3, 0.4) is 0 Å². The van der Waals surface area contributed by atoms with Gasteiger partial charge in [-0.3, -0.25) is 0 Å². The zero-order valence-corrected chi connectivity index (χ0v) is 31.7. The van der Waals surface area contributed by atoms with E-state index in [0.29, 0.717) is 16.5 Å². The Balaban J connectivity index is 1.25. The van der Waals surface area contributed by atoms with Crippen LogP contribution >= 0.6 is 11.6 Å². The summed E-state index contributed by atoms with van der Waals surface area (Å²) < 4.78 is 6.24. The van der Waals surface area contributed by atoms with Gasteiger partial charge in [0.2, 0.25) is 5.89 Å². The van der Waals surface area contributed by atoms with Crippen molar-refractivity contribution in [2.24, 2.45) is 0 Å². The minimum atomic E-state index is 0.534. The molecule has 0 atom stereocenters. The number of oxazole rings is 1. The van der Waals surface area contributed by atoms with Gasteiger partial charge in [0, 0.05) is 54.9 Å². The second-order valence-electron chi connectivity index (χ2n) is 14.3. The van der Waals surface area contributed by atoms with Crippen molar-refractivity contribution < 1.29 is 4.42 Å². The van der Waals surface area contributed by atoms with E-state index in [2.05, 4.69) is 143 Å². The molecule has 8 bridgehead atoms. The summed E-state index contributed by atoms with van der Waals surface area (Å²) in [5.41, 5.74) is 17.6. The van der Waals surface area contributed by atoms with Crippen molar-refractivity contribution in [2.75, 3.05) is 0 Å². The van der Waals surface area contributed by atoms with Crippen LogP contribution in [0.15, 0.2) is 162 Å². The van der Waals surface area contributed by atoms with Gasteiger partial charge in [-0.05, 0) is 107 Å². The lowest BCUT2D eigenvalue weighted by Gasteiger charge is -2.07. The highest BCUT2D eigenvalue weighted by molar-refractivity contribution is 6.30. The minimum Gasteiger partial charge on any atom is -0.436 e. The number of aromatic nitrogens is 5. The summed E-state index contributed by atoms with van der Waals surface area (Å²) in [4.78, 5) is 23.4. The van der Waals surface area contributed by atoms with Gasteiger partial charge >= 0.3 is 0 Å². The molecule has 2 aliphatic heterocycles. The molecule has 0 amide bonds. The number of hydrogen-bond acceptors (Lipinski definition) is 4. The van der Waals surface area contributed by atoms with Gasteiger partial charge in [-0.25, -0.2) is 15.0 Å². The van der Waals surface area contributed by atoms with Gasteiger partial charge < -0.3 is 14.4 Å². The van der Waals surface area contributed by atoms with E-state index in [9.17, 15) is 0 Å². The maximum atomic E-state index is 6.24. The van der Waals surface area contributed by atoms with Crippen LogP contribution in [0.5, 0.6) is 0 Å². The van der Waals surface area contributed by atoms with Crippen LogP contribution in [0.1, 0.15) is 22.8 Å². The van der Waals surface area contributed by atoms with Crippen LogP contribution in [0.4, 0.5) is 0 Å². The topological polar surface area (TPSA) is 83.4 Å². The van der Waals surface area contributed by atoms with Crippen molar-refractivity contribution >= 4 is 69.1 Å². The third-order valence-corrected chi connectivity index (χ3v) is 11.0. The van der Waals surface area contributed by atoms with Crippen molar-refractivity contribution in [3.8, 4) is 56.0 Å². The fraction of sp³-hybridized carbons (Fsp3) is 0. The summed E-state index contributed by atoms with van der Waals surface area (Å²) >= 11 is 6.19. The summed E-state index contributed by atoms with van der Waals surface area (Å²) in [5, 5.41) is 0.660. The Morgan fingerprint density at radius 1 is 0.379 bits per heavy atom. The molecule has 9 aromatic rings. The van der Waals surface area contributed by atoms with Crippen molar-refractivity contribution in [1.82, 2.24) is 24.9 Å². The van der Waals surface area contributed by atoms with Crippen molar-refractivity contribution in [3.63, 3.8) is 0 Å².